The van der Waals surface area contributed by atoms with Gasteiger partial charge in [0.05, 0.1) is 0 Å². The molecule has 10 heteroatoms. The van der Waals surface area contributed by atoms with Crippen LogP contribution in [0.3, 0.4) is 0 Å². The lowest BCUT2D eigenvalue weighted by molar-refractivity contribution is -0.519. The first-order valence-corrected chi connectivity index (χ1v) is 12.4. The predicted molar refractivity (Wildman–Crippen MR) is 125 cm³/mol. The van der Waals surface area contributed by atoms with Crippen molar-refractivity contribution < 1.29 is 37.0 Å². The molecule has 196 valence electrons. The number of halogens is 3. The normalized spacial score (nSPS) is 25.9. The average Bonchev–Trinajstić information content (AvgIpc) is 3.16. The number of carbonyl (C=O) groups is 2. The van der Waals surface area contributed by atoms with E-state index in [1.165, 1.54) is 19.3 Å². The van der Waals surface area contributed by atoms with E-state index in [4.69, 9.17) is 14.6 Å². The van der Waals surface area contributed by atoms with Gasteiger partial charge in [-0.25, -0.2) is 0 Å². The molecular weight excluding hydrogens is 487 g/mol. The summed E-state index contributed by atoms with van der Waals surface area (Å²) in [5.74, 6) is 0.124. The van der Waals surface area contributed by atoms with Gasteiger partial charge in [0.25, 0.3) is 5.91 Å². The van der Waals surface area contributed by atoms with Crippen LogP contribution in [0.4, 0.5) is 13.2 Å². The molecule has 4 fully saturated rings. The monoisotopic (exact) mass is 515 g/mol. The number of pyridine rings is 1. The third-order valence-electron chi connectivity index (χ3n) is 7.65. The van der Waals surface area contributed by atoms with E-state index >= 15 is 0 Å². The molecule has 4 aliphatic rings. The van der Waals surface area contributed by atoms with E-state index in [0.29, 0.717) is 11.7 Å². The van der Waals surface area contributed by atoms with Crippen LogP contribution in [0, 0.1) is 24.7 Å². The first kappa shape index (κ1) is 25.1. The number of hydrogen-bond acceptors (Lipinski definition) is 4. The summed E-state index contributed by atoms with van der Waals surface area (Å²) in [5.41, 5.74) is 2.53. The fourth-order valence-corrected chi connectivity index (χ4v) is 6.66. The van der Waals surface area contributed by atoms with E-state index in [9.17, 15) is 18.0 Å². The van der Waals surface area contributed by atoms with Gasteiger partial charge < -0.3 is 20.0 Å². The fraction of sp³-hybridized carbons (Fsp3) is 0.444. The highest BCUT2D eigenvalue weighted by atomic mass is 19.4. The zero-order valence-corrected chi connectivity index (χ0v) is 20.3. The molecular formula is C27H28F3N3O4. The number of carbonyl (C=O) groups excluding carboxylic acids is 2. The number of aliphatic carboxylic acids is 1. The Morgan fingerprint density at radius 2 is 1.68 bits per heavy atom. The molecule has 4 bridgehead atoms. The first-order chi connectivity index (χ1) is 17.5. The minimum Gasteiger partial charge on any atom is -0.542 e. The SMILES string of the molecule is Cc1cccc(Oc2[nH]c(C(=O)NC34CC5CC(CC(C5)C3)C4)c3cccc[n+]23)c1.O=C([O-])C(F)(F)F. The second-order valence-corrected chi connectivity index (χ2v) is 10.6. The number of alkyl halides is 3. The van der Waals surface area contributed by atoms with E-state index < -0.39 is 12.1 Å². The molecule has 0 atom stereocenters. The van der Waals surface area contributed by atoms with Crippen LogP contribution in [0.25, 0.3) is 5.52 Å². The highest BCUT2D eigenvalue weighted by molar-refractivity contribution is 5.98. The molecule has 0 aliphatic heterocycles. The van der Waals surface area contributed by atoms with Gasteiger partial charge in [-0.3, -0.25) is 4.79 Å². The van der Waals surface area contributed by atoms with Gasteiger partial charge in [-0.05, 0) is 93.0 Å². The van der Waals surface area contributed by atoms with Crippen molar-refractivity contribution in [3.05, 3.63) is 59.9 Å². The molecule has 2 heterocycles. The van der Waals surface area contributed by atoms with Gasteiger partial charge in [-0.2, -0.15) is 22.6 Å². The van der Waals surface area contributed by atoms with Crippen molar-refractivity contribution >= 4 is 17.4 Å². The number of carboxylic acids is 1. The average molecular weight is 516 g/mol. The summed E-state index contributed by atoms with van der Waals surface area (Å²) in [7, 11) is 0. The van der Waals surface area contributed by atoms with Crippen LogP contribution in [-0.2, 0) is 4.79 Å². The zero-order chi connectivity index (χ0) is 26.4. The molecule has 7 nitrogen and oxygen atoms in total. The van der Waals surface area contributed by atoms with Crippen molar-refractivity contribution in [2.45, 2.75) is 57.2 Å². The first-order valence-electron chi connectivity index (χ1n) is 12.4. The number of aryl methyl sites for hydroxylation is 1. The van der Waals surface area contributed by atoms with Gasteiger partial charge in [0.2, 0.25) is 5.69 Å². The molecule has 0 saturated heterocycles. The maximum atomic E-state index is 13.5. The second-order valence-electron chi connectivity index (χ2n) is 10.6. The summed E-state index contributed by atoms with van der Waals surface area (Å²) < 4.78 is 39.6. The van der Waals surface area contributed by atoms with Crippen LogP contribution in [0.2, 0.25) is 0 Å². The highest BCUT2D eigenvalue weighted by Gasteiger charge is 2.52. The number of nitrogens with one attached hydrogen (secondary N) is 2. The van der Waals surface area contributed by atoms with Gasteiger partial charge in [0, 0.05) is 5.54 Å². The molecule has 37 heavy (non-hydrogen) atoms. The summed E-state index contributed by atoms with van der Waals surface area (Å²) in [4.78, 5) is 25.5. The van der Waals surface area contributed by atoms with Crippen LogP contribution in [0.15, 0.2) is 48.7 Å². The van der Waals surface area contributed by atoms with Crippen LogP contribution in [0.1, 0.15) is 54.6 Å². The number of imidazole rings is 1. The Balaban J connectivity index is 0.000000355. The van der Waals surface area contributed by atoms with Crippen molar-refractivity contribution in [1.29, 1.82) is 0 Å². The minimum absolute atomic E-state index is 0.0136. The molecule has 1 aromatic carbocycles. The molecule has 2 N–H and O–H groups in total. The van der Waals surface area contributed by atoms with E-state index in [2.05, 4.69) is 10.3 Å². The molecule has 3 aromatic rings. The van der Waals surface area contributed by atoms with Gasteiger partial charge in [0.15, 0.2) is 5.52 Å². The summed E-state index contributed by atoms with van der Waals surface area (Å²) in [6.07, 6.45) is 4.26. The Morgan fingerprint density at radius 1 is 1.05 bits per heavy atom. The third-order valence-corrected chi connectivity index (χ3v) is 7.65. The second kappa shape index (κ2) is 9.39. The van der Waals surface area contributed by atoms with E-state index in [1.54, 1.807) is 0 Å². The van der Waals surface area contributed by atoms with Crippen molar-refractivity contribution in [2.75, 3.05) is 0 Å². The van der Waals surface area contributed by atoms with Crippen molar-refractivity contribution in [3.8, 4) is 11.8 Å². The number of H-pyrrole nitrogens is 1. The maximum Gasteiger partial charge on any atom is 0.465 e. The number of hydrogen-bond donors (Lipinski definition) is 2. The number of nitrogens with zero attached hydrogens (tertiary/aromatic N) is 1. The Kier molecular flexibility index (Phi) is 6.37. The van der Waals surface area contributed by atoms with Gasteiger partial charge in [-0.15, -0.1) is 0 Å². The number of benzene rings is 1. The zero-order valence-electron chi connectivity index (χ0n) is 20.3. The number of aromatic amines is 1. The molecule has 0 unspecified atom stereocenters. The number of fused-ring (bicyclic) bond motifs is 1. The number of aromatic nitrogens is 2. The molecule has 0 radical (unpaired) electrons. The highest BCUT2D eigenvalue weighted by Crippen LogP contribution is 2.55. The Morgan fingerprint density at radius 3 is 2.24 bits per heavy atom. The Bertz CT molecular complexity index is 1300. The third kappa shape index (κ3) is 5.28. The van der Waals surface area contributed by atoms with E-state index in [-0.39, 0.29) is 11.4 Å². The largest absolute Gasteiger partial charge is 0.542 e. The number of amides is 1. The van der Waals surface area contributed by atoms with Crippen molar-refractivity contribution in [2.24, 2.45) is 17.8 Å². The van der Waals surface area contributed by atoms with E-state index in [1.807, 2.05) is 60.0 Å². The van der Waals surface area contributed by atoms with Crippen molar-refractivity contribution in [1.82, 2.24) is 10.3 Å². The Hall–Kier alpha value is -3.56. The number of carboxylic acid groups (broad SMARTS) is 1. The minimum atomic E-state index is -5.19. The van der Waals surface area contributed by atoms with Crippen LogP contribution in [0.5, 0.6) is 11.8 Å². The topological polar surface area (TPSA) is 98.4 Å². The molecule has 4 aliphatic carbocycles. The molecule has 2 aromatic heterocycles. The predicted octanol–water partition coefficient (Wildman–Crippen LogP) is 3.85. The van der Waals surface area contributed by atoms with Crippen molar-refractivity contribution in [3.63, 3.8) is 0 Å². The molecule has 1 amide bonds. The van der Waals surface area contributed by atoms with E-state index in [0.717, 1.165) is 53.8 Å². The molecule has 4 saturated carbocycles. The summed E-state index contributed by atoms with van der Waals surface area (Å²) in [5, 5.41) is 12.3. The van der Waals surface area contributed by atoms with Crippen LogP contribution in [-0.4, -0.2) is 28.6 Å². The van der Waals surface area contributed by atoms with Crippen LogP contribution < -0.4 is 19.6 Å². The summed E-state index contributed by atoms with van der Waals surface area (Å²) in [6.45, 7) is 2.04. The number of ether oxygens (including phenoxy) is 1. The molecule has 7 rings (SSSR count). The lowest BCUT2D eigenvalue weighted by atomic mass is 9.53. The smallest absolute Gasteiger partial charge is 0.465 e. The number of rotatable bonds is 4. The van der Waals surface area contributed by atoms with Gasteiger partial charge >= 0.3 is 12.2 Å². The Labute approximate surface area is 211 Å². The summed E-state index contributed by atoms with van der Waals surface area (Å²) in [6, 6.07) is 14.4. The van der Waals surface area contributed by atoms with Crippen LogP contribution >= 0.6 is 0 Å². The lowest BCUT2D eigenvalue weighted by Gasteiger charge is -2.56. The maximum absolute atomic E-state index is 13.5. The van der Waals surface area contributed by atoms with Gasteiger partial charge in [0.1, 0.15) is 17.9 Å². The molecule has 0 spiro atoms. The summed E-state index contributed by atoms with van der Waals surface area (Å²) >= 11 is 0. The lowest BCUT2D eigenvalue weighted by Crippen LogP contribution is -2.59. The standard InChI is InChI=1S/C25H27N3O2.C2HF3O2/c1-16-5-4-6-20(9-16)30-24-26-22(21-7-2-3-8-28(21)24)23(29)27-25-13-17-10-18(14-25)12-19(11-17)15-25;3-2(4,5)1(6)7/h2-9,17-19H,10-15H2,1H3,(H,27,29);(H,6,7). The quantitative estimate of drug-likeness (QED) is 0.516. The van der Waals surface area contributed by atoms with Gasteiger partial charge in [-0.1, -0.05) is 18.2 Å². The fourth-order valence-electron chi connectivity index (χ4n) is 6.66.